The van der Waals surface area contributed by atoms with E-state index in [0.717, 1.165) is 0 Å². The van der Waals surface area contributed by atoms with Crippen LogP contribution in [0, 0.1) is 0 Å². The third kappa shape index (κ3) is 1.53. The predicted octanol–water partition coefficient (Wildman–Crippen LogP) is 3.09. The summed E-state index contributed by atoms with van der Waals surface area (Å²) in [5, 5.41) is -5.64. The first kappa shape index (κ1) is 10.1. The molecule has 0 spiro atoms. The van der Waals surface area contributed by atoms with Crippen LogP contribution in [-0.2, 0) is 9.47 Å². The minimum Gasteiger partial charge on any atom is -0.421 e. The summed E-state index contributed by atoms with van der Waals surface area (Å²) < 4.78 is 44.6. The molecular weight excluding hydrogens is 243 g/mol. The zero-order chi connectivity index (χ0) is 9.57. The fourth-order valence-corrected chi connectivity index (χ4v) is 0.860. The second-order valence-electron chi connectivity index (χ2n) is 1.79. The average Bonchev–Trinajstić information content (AvgIpc) is 1.82. The molecule has 1 aliphatic heterocycles. The summed E-state index contributed by atoms with van der Waals surface area (Å²) >= 11 is 14.6. The van der Waals surface area contributed by atoms with Crippen LogP contribution in [-0.4, -0.2) is 11.4 Å². The van der Waals surface area contributed by atoms with Gasteiger partial charge in [0.25, 0.3) is 0 Å². The van der Waals surface area contributed by atoms with Crippen molar-refractivity contribution in [2.45, 2.75) is 11.4 Å². The molecule has 1 heterocycles. The van der Waals surface area contributed by atoms with Gasteiger partial charge in [-0.25, -0.2) is 0 Å². The first-order chi connectivity index (χ1) is 5.26. The molecule has 0 bridgehead atoms. The molecule has 12 heavy (non-hydrogen) atoms. The van der Waals surface area contributed by atoms with Crippen LogP contribution in [0.5, 0.6) is 0 Å². The Hall–Kier alpha value is -0.000000000000000111. The van der Waals surface area contributed by atoms with Gasteiger partial charge in [0.15, 0.2) is 0 Å². The highest BCUT2D eigenvalue weighted by Crippen LogP contribution is 2.47. The lowest BCUT2D eigenvalue weighted by molar-refractivity contribution is -0.337. The van der Waals surface area contributed by atoms with Crippen molar-refractivity contribution in [3.05, 3.63) is 10.4 Å². The van der Waals surface area contributed by atoms with E-state index in [1.54, 1.807) is 0 Å². The highest BCUT2D eigenvalue weighted by atomic mass is 35.5. The van der Waals surface area contributed by atoms with Crippen molar-refractivity contribution < 1.29 is 22.6 Å². The number of rotatable bonds is 0. The molecule has 0 unspecified atom stereocenters. The Morgan fingerprint density at radius 3 is 1.83 bits per heavy atom. The second kappa shape index (κ2) is 2.75. The monoisotopic (exact) mass is 242 g/mol. The van der Waals surface area contributed by atoms with Crippen molar-refractivity contribution in [1.29, 1.82) is 0 Å². The maximum atomic E-state index is 12.6. The van der Waals surface area contributed by atoms with Crippen LogP contribution < -0.4 is 0 Å². The molecule has 2 nitrogen and oxygen atoms in total. The van der Waals surface area contributed by atoms with Gasteiger partial charge in [-0.2, -0.15) is 13.2 Å². The molecule has 0 fully saturated rings. The van der Waals surface area contributed by atoms with Crippen LogP contribution in [0.25, 0.3) is 0 Å². The van der Waals surface area contributed by atoms with E-state index in [0.29, 0.717) is 0 Å². The summed E-state index contributed by atoms with van der Waals surface area (Å²) in [5.41, 5.74) is 0. The molecule has 0 aromatic carbocycles. The number of alkyl halides is 4. The molecular formula is C4Cl3F3O2. The van der Waals surface area contributed by atoms with Gasteiger partial charge in [-0.05, 0) is 34.8 Å². The number of hydrogen-bond acceptors (Lipinski definition) is 2. The molecule has 1 aliphatic rings. The highest BCUT2D eigenvalue weighted by Gasteiger charge is 2.63. The number of hydrogen-bond donors (Lipinski definition) is 0. The van der Waals surface area contributed by atoms with E-state index in [1.807, 2.05) is 0 Å². The largest absolute Gasteiger partial charge is 0.489 e. The molecule has 0 saturated heterocycles. The Morgan fingerprint density at radius 2 is 1.42 bits per heavy atom. The SMILES string of the molecule is FC1(F)OC(Cl)=C(Cl)O[C@]1(F)Cl. The molecule has 0 N–H and O–H groups in total. The zero-order valence-electron chi connectivity index (χ0n) is 5.08. The van der Waals surface area contributed by atoms with Crippen molar-refractivity contribution >= 4 is 34.8 Å². The summed E-state index contributed by atoms with van der Waals surface area (Å²) in [7, 11) is 0. The van der Waals surface area contributed by atoms with Gasteiger partial charge in [0.05, 0.1) is 0 Å². The normalized spacial score (nSPS) is 34.2. The van der Waals surface area contributed by atoms with Gasteiger partial charge in [0, 0.05) is 0 Å². The van der Waals surface area contributed by atoms with Crippen LogP contribution in [0.4, 0.5) is 13.2 Å². The van der Waals surface area contributed by atoms with Gasteiger partial charge in [0.1, 0.15) is 0 Å². The van der Waals surface area contributed by atoms with Crippen molar-refractivity contribution in [2.24, 2.45) is 0 Å². The lowest BCUT2D eigenvalue weighted by atomic mass is 10.6. The van der Waals surface area contributed by atoms with Crippen LogP contribution in [0.3, 0.4) is 0 Å². The van der Waals surface area contributed by atoms with Crippen LogP contribution in [0.1, 0.15) is 0 Å². The molecule has 1 rings (SSSR count). The van der Waals surface area contributed by atoms with Gasteiger partial charge in [-0.15, -0.1) is 0 Å². The van der Waals surface area contributed by atoms with Crippen molar-refractivity contribution in [3.63, 3.8) is 0 Å². The van der Waals surface area contributed by atoms with Gasteiger partial charge < -0.3 is 9.47 Å². The Bertz CT molecular complexity index is 216. The highest BCUT2D eigenvalue weighted by molar-refractivity contribution is 6.38. The van der Waals surface area contributed by atoms with E-state index in [4.69, 9.17) is 23.2 Å². The summed E-state index contributed by atoms with van der Waals surface area (Å²) in [6.07, 6.45) is -4.37. The van der Waals surface area contributed by atoms with Crippen LogP contribution in [0.2, 0.25) is 0 Å². The van der Waals surface area contributed by atoms with Gasteiger partial charge in [0.2, 0.25) is 10.4 Å². The summed E-state index contributed by atoms with van der Waals surface area (Å²) in [6, 6.07) is 0. The Morgan fingerprint density at radius 1 is 1.00 bits per heavy atom. The van der Waals surface area contributed by atoms with Crippen molar-refractivity contribution in [2.75, 3.05) is 0 Å². The van der Waals surface area contributed by atoms with Crippen molar-refractivity contribution in [3.8, 4) is 0 Å². The maximum Gasteiger partial charge on any atom is 0.489 e. The van der Waals surface area contributed by atoms with Crippen LogP contribution >= 0.6 is 34.8 Å². The summed E-state index contributed by atoms with van der Waals surface area (Å²) in [6.45, 7) is 0. The van der Waals surface area contributed by atoms with E-state index in [2.05, 4.69) is 21.1 Å². The molecule has 0 aromatic heterocycles. The average molecular weight is 243 g/mol. The fraction of sp³-hybridized carbons (Fsp3) is 0.500. The Labute approximate surface area is 79.8 Å². The Kier molecular flexibility index (Phi) is 2.31. The molecule has 8 heteroatoms. The number of halogens is 6. The molecule has 1 atom stereocenters. The van der Waals surface area contributed by atoms with E-state index in [9.17, 15) is 13.2 Å². The Balaban J connectivity index is 3.00. The van der Waals surface area contributed by atoms with Gasteiger partial charge in [-0.1, -0.05) is 0 Å². The zero-order valence-corrected chi connectivity index (χ0v) is 7.35. The minimum atomic E-state index is -4.37. The first-order valence-corrected chi connectivity index (χ1v) is 3.58. The lowest BCUT2D eigenvalue weighted by Gasteiger charge is -2.30. The maximum absolute atomic E-state index is 12.6. The quantitative estimate of drug-likeness (QED) is 0.609. The second-order valence-corrected chi connectivity index (χ2v) is 2.96. The fourth-order valence-electron chi connectivity index (χ4n) is 0.424. The molecule has 0 saturated carbocycles. The van der Waals surface area contributed by atoms with Crippen molar-refractivity contribution in [1.82, 2.24) is 0 Å². The molecule has 0 amide bonds. The minimum absolute atomic E-state index is 0.861. The first-order valence-electron chi connectivity index (χ1n) is 2.45. The summed E-state index contributed by atoms with van der Waals surface area (Å²) in [5.74, 6) is 0. The summed E-state index contributed by atoms with van der Waals surface area (Å²) in [4.78, 5) is 0. The van der Waals surface area contributed by atoms with E-state index < -0.39 is 21.9 Å². The smallest absolute Gasteiger partial charge is 0.421 e. The topological polar surface area (TPSA) is 18.5 Å². The van der Waals surface area contributed by atoms with E-state index in [1.165, 1.54) is 0 Å². The number of ether oxygens (including phenoxy) is 2. The predicted molar refractivity (Wildman–Crippen MR) is 35.5 cm³/mol. The lowest BCUT2D eigenvalue weighted by Crippen LogP contribution is -2.45. The van der Waals surface area contributed by atoms with E-state index in [-0.39, 0.29) is 0 Å². The third-order valence-corrected chi connectivity index (χ3v) is 1.82. The van der Waals surface area contributed by atoms with Gasteiger partial charge >= 0.3 is 11.4 Å². The molecule has 0 radical (unpaired) electrons. The third-order valence-electron chi connectivity index (χ3n) is 0.929. The molecule has 0 aliphatic carbocycles. The standard InChI is InChI=1S/C4Cl3F3O2/c5-1-2(6)12-4(9,10)3(7,8)11-1/t3-/m0/s1. The molecule has 70 valence electrons. The van der Waals surface area contributed by atoms with Gasteiger partial charge in [-0.3, -0.25) is 0 Å². The van der Waals surface area contributed by atoms with E-state index >= 15 is 0 Å². The molecule has 0 aromatic rings. The van der Waals surface area contributed by atoms with Crippen LogP contribution in [0.15, 0.2) is 10.4 Å².